The fourth-order valence-electron chi connectivity index (χ4n) is 2.88. The highest BCUT2D eigenvalue weighted by Gasteiger charge is 2.32. The second-order valence-electron chi connectivity index (χ2n) is 5.86. The van der Waals surface area contributed by atoms with E-state index in [9.17, 15) is 0 Å². The second kappa shape index (κ2) is 3.73. The first-order valence-electron chi connectivity index (χ1n) is 6.60. The lowest BCUT2D eigenvalue weighted by Gasteiger charge is -2.17. The van der Waals surface area contributed by atoms with Crippen LogP contribution in [0.1, 0.15) is 19.4 Å². The first-order chi connectivity index (χ1) is 9.17. The van der Waals surface area contributed by atoms with Crippen LogP contribution in [-0.2, 0) is 5.41 Å². The van der Waals surface area contributed by atoms with Crippen molar-refractivity contribution in [3.8, 4) is 0 Å². The van der Waals surface area contributed by atoms with E-state index < -0.39 is 0 Å². The Hall–Kier alpha value is -1.54. The Kier molecular flexibility index (Phi) is 2.22. The molecule has 0 N–H and O–H groups in total. The number of benzene rings is 2. The summed E-state index contributed by atoms with van der Waals surface area (Å²) in [4.78, 5) is 6.19. The molecular formula is C17H15NS. The van der Waals surface area contributed by atoms with Gasteiger partial charge < -0.3 is 0 Å². The zero-order valence-corrected chi connectivity index (χ0v) is 11.9. The van der Waals surface area contributed by atoms with E-state index in [1.807, 2.05) is 11.8 Å². The van der Waals surface area contributed by atoms with E-state index >= 15 is 0 Å². The highest BCUT2D eigenvalue weighted by atomic mass is 32.2. The van der Waals surface area contributed by atoms with Crippen LogP contribution in [0.2, 0.25) is 0 Å². The number of thioether (sulfide) groups is 1. The summed E-state index contributed by atoms with van der Waals surface area (Å²) in [5.74, 6) is 1.15. The van der Waals surface area contributed by atoms with Gasteiger partial charge in [0.05, 0.1) is 5.52 Å². The molecule has 4 rings (SSSR count). The molecule has 0 unspecified atom stereocenters. The Morgan fingerprint density at radius 2 is 1.89 bits per heavy atom. The first kappa shape index (κ1) is 11.3. The number of pyridine rings is 1. The van der Waals surface area contributed by atoms with E-state index in [4.69, 9.17) is 4.98 Å². The number of hydrogen-bond donors (Lipinski definition) is 0. The van der Waals surface area contributed by atoms with Gasteiger partial charge in [0.1, 0.15) is 0 Å². The zero-order valence-electron chi connectivity index (χ0n) is 11.1. The van der Waals surface area contributed by atoms with Crippen molar-refractivity contribution in [2.75, 3.05) is 5.75 Å². The lowest BCUT2D eigenvalue weighted by molar-refractivity contribution is 0.603. The van der Waals surface area contributed by atoms with Gasteiger partial charge in [0, 0.05) is 33.0 Å². The summed E-state index contributed by atoms with van der Waals surface area (Å²) < 4.78 is 0. The second-order valence-corrected chi connectivity index (χ2v) is 6.84. The average Bonchev–Trinajstić information content (AvgIpc) is 2.74. The topological polar surface area (TPSA) is 12.9 Å². The molecule has 0 spiro atoms. The Labute approximate surface area is 117 Å². The minimum Gasteiger partial charge on any atom is -0.255 e. The van der Waals surface area contributed by atoms with Gasteiger partial charge in [0.15, 0.2) is 0 Å². The number of rotatable bonds is 0. The van der Waals surface area contributed by atoms with Gasteiger partial charge in [-0.2, -0.15) is 0 Å². The van der Waals surface area contributed by atoms with Gasteiger partial charge in [0.25, 0.3) is 0 Å². The van der Waals surface area contributed by atoms with Crippen LogP contribution in [-0.4, -0.2) is 10.7 Å². The van der Waals surface area contributed by atoms with Crippen LogP contribution in [0, 0.1) is 0 Å². The molecule has 0 saturated carbocycles. The number of fused-ring (bicyclic) bond motifs is 5. The van der Waals surface area contributed by atoms with E-state index in [0.29, 0.717) is 0 Å². The van der Waals surface area contributed by atoms with Crippen LogP contribution in [0.5, 0.6) is 0 Å². The molecule has 1 aliphatic rings. The molecule has 0 saturated heterocycles. The fraction of sp³-hybridized carbons (Fsp3) is 0.235. The molecular weight excluding hydrogens is 250 g/mol. The van der Waals surface area contributed by atoms with E-state index in [-0.39, 0.29) is 5.41 Å². The maximum Gasteiger partial charge on any atom is 0.0791 e. The summed E-state index contributed by atoms with van der Waals surface area (Å²) in [6.45, 7) is 4.61. The Morgan fingerprint density at radius 3 is 2.79 bits per heavy atom. The Balaban J connectivity index is 2.15. The monoisotopic (exact) mass is 265 g/mol. The van der Waals surface area contributed by atoms with Gasteiger partial charge in [-0.05, 0) is 10.9 Å². The predicted octanol–water partition coefficient (Wildman–Crippen LogP) is 4.77. The highest BCUT2D eigenvalue weighted by Crippen LogP contribution is 2.46. The molecule has 0 radical (unpaired) electrons. The van der Waals surface area contributed by atoms with Crippen molar-refractivity contribution in [2.24, 2.45) is 0 Å². The minimum absolute atomic E-state index is 0.243. The largest absolute Gasteiger partial charge is 0.255 e. The first-order valence-corrected chi connectivity index (χ1v) is 7.59. The molecule has 2 heterocycles. The Morgan fingerprint density at radius 1 is 1.05 bits per heavy atom. The summed E-state index contributed by atoms with van der Waals surface area (Å²) in [7, 11) is 0. The van der Waals surface area contributed by atoms with Crippen molar-refractivity contribution >= 4 is 33.4 Å². The smallest absolute Gasteiger partial charge is 0.0791 e. The van der Waals surface area contributed by atoms with Gasteiger partial charge in [-0.1, -0.05) is 50.2 Å². The molecule has 0 bridgehead atoms. The number of hydrogen-bond acceptors (Lipinski definition) is 2. The third-order valence-electron chi connectivity index (χ3n) is 4.02. The van der Waals surface area contributed by atoms with Gasteiger partial charge in [-0.15, -0.1) is 11.8 Å². The van der Waals surface area contributed by atoms with E-state index in [1.165, 1.54) is 26.6 Å². The van der Waals surface area contributed by atoms with Crippen molar-refractivity contribution in [2.45, 2.75) is 24.2 Å². The number of nitrogens with zero attached hydrogens (tertiary/aromatic N) is 1. The summed E-state index contributed by atoms with van der Waals surface area (Å²) in [6.07, 6.45) is 2.09. The molecule has 0 fully saturated rings. The van der Waals surface area contributed by atoms with Crippen LogP contribution in [0.15, 0.2) is 47.5 Å². The van der Waals surface area contributed by atoms with E-state index in [0.717, 1.165) is 11.3 Å². The third-order valence-corrected chi connectivity index (χ3v) is 5.61. The van der Waals surface area contributed by atoms with Crippen LogP contribution in [0.25, 0.3) is 21.7 Å². The minimum atomic E-state index is 0.243. The predicted molar refractivity (Wildman–Crippen MR) is 83.0 cm³/mol. The van der Waals surface area contributed by atoms with Crippen molar-refractivity contribution in [1.29, 1.82) is 0 Å². The molecule has 3 aromatic rings. The molecule has 1 aromatic heterocycles. The fourth-order valence-corrected chi connectivity index (χ4v) is 4.34. The molecule has 94 valence electrons. The molecule has 0 aliphatic carbocycles. The number of aromatic nitrogens is 1. The quantitative estimate of drug-likeness (QED) is 0.543. The molecule has 0 amide bonds. The van der Waals surface area contributed by atoms with Gasteiger partial charge in [0.2, 0.25) is 0 Å². The van der Waals surface area contributed by atoms with E-state index in [2.05, 4.69) is 56.4 Å². The average molecular weight is 265 g/mol. The standard InChI is InChI=1S/C17H15NS/c1-17(2)10-19-16-13-8-7-11-5-3-4-6-12(11)15(13)18-9-14(16)17/h3-9H,10H2,1-2H3. The normalized spacial score (nSPS) is 16.9. The molecule has 2 aromatic carbocycles. The van der Waals surface area contributed by atoms with E-state index in [1.54, 1.807) is 0 Å². The molecule has 2 heteroatoms. The molecule has 0 atom stereocenters. The molecule has 19 heavy (non-hydrogen) atoms. The highest BCUT2D eigenvalue weighted by molar-refractivity contribution is 8.00. The van der Waals surface area contributed by atoms with Crippen molar-refractivity contribution < 1.29 is 0 Å². The lowest BCUT2D eigenvalue weighted by Crippen LogP contribution is -2.15. The van der Waals surface area contributed by atoms with Gasteiger partial charge in [-0.3, -0.25) is 4.98 Å². The third kappa shape index (κ3) is 1.53. The van der Waals surface area contributed by atoms with Crippen LogP contribution in [0.3, 0.4) is 0 Å². The van der Waals surface area contributed by atoms with Crippen molar-refractivity contribution in [3.63, 3.8) is 0 Å². The summed E-state index contributed by atoms with van der Waals surface area (Å²) in [5, 5.41) is 3.84. The Bertz CT molecular complexity index is 805. The molecule has 1 nitrogen and oxygen atoms in total. The zero-order chi connectivity index (χ0) is 13.0. The molecule has 1 aliphatic heterocycles. The summed E-state index contributed by atoms with van der Waals surface area (Å²) >= 11 is 1.97. The van der Waals surface area contributed by atoms with Gasteiger partial charge in [-0.25, -0.2) is 0 Å². The van der Waals surface area contributed by atoms with Crippen LogP contribution < -0.4 is 0 Å². The maximum absolute atomic E-state index is 4.76. The van der Waals surface area contributed by atoms with Crippen LogP contribution in [0.4, 0.5) is 0 Å². The lowest BCUT2D eigenvalue weighted by atomic mass is 9.87. The summed E-state index contributed by atoms with van der Waals surface area (Å²) in [6, 6.07) is 12.9. The van der Waals surface area contributed by atoms with Crippen LogP contribution >= 0.6 is 11.8 Å². The maximum atomic E-state index is 4.76. The SMILES string of the molecule is CC1(C)CSc2c1cnc1c2ccc2ccccc21. The summed E-state index contributed by atoms with van der Waals surface area (Å²) in [5.41, 5.74) is 2.79. The van der Waals surface area contributed by atoms with Gasteiger partial charge >= 0.3 is 0 Å². The van der Waals surface area contributed by atoms with Crippen molar-refractivity contribution in [1.82, 2.24) is 4.98 Å². The van der Waals surface area contributed by atoms with Crippen molar-refractivity contribution in [3.05, 3.63) is 48.2 Å².